The van der Waals surface area contributed by atoms with Crippen molar-refractivity contribution in [2.45, 2.75) is 138 Å². The Morgan fingerprint density at radius 2 is 1.27 bits per heavy atom. The van der Waals surface area contributed by atoms with Crippen LogP contribution in [-0.2, 0) is 10.8 Å². The van der Waals surface area contributed by atoms with Gasteiger partial charge in [0, 0.05) is 37.9 Å². The molecular weight excluding hydrogens is 815 g/mol. The van der Waals surface area contributed by atoms with Gasteiger partial charge in [0.1, 0.15) is 11.6 Å². The average molecular weight is 901 g/mol. The van der Waals surface area contributed by atoms with Crippen LogP contribution in [0.3, 0.4) is 0 Å². The summed E-state index contributed by atoms with van der Waals surface area (Å²) in [7, 11) is 0. The van der Waals surface area contributed by atoms with Gasteiger partial charge >= 0.3 is 0 Å². The molecular formula is C63H71N3O. The van der Waals surface area contributed by atoms with E-state index in [0.29, 0.717) is 50.1 Å². The Morgan fingerprint density at radius 1 is 0.582 bits per heavy atom. The number of phenolic OH excluding ortho intramolecular Hbond substituents is 1. The predicted octanol–water partition coefficient (Wildman–Crippen LogP) is 17.9. The number of fused-ring (bicyclic) bond motifs is 1. The van der Waals surface area contributed by atoms with Gasteiger partial charge in [0.2, 0.25) is 0 Å². The molecule has 344 valence electrons. The molecule has 0 aliphatic rings. The molecule has 8 aromatic rings. The first-order valence-electron chi connectivity index (χ1n) is 30.4. The van der Waals surface area contributed by atoms with Gasteiger partial charge in [-0.05, 0) is 157 Å². The van der Waals surface area contributed by atoms with Crippen molar-refractivity contribution in [1.82, 2.24) is 14.5 Å². The number of aryl methyl sites for hydroxylation is 1. The summed E-state index contributed by atoms with van der Waals surface area (Å²) in [5.74, 6) is -3.62. The lowest BCUT2D eigenvalue weighted by Gasteiger charge is -2.22. The molecule has 0 saturated carbocycles. The maximum absolute atomic E-state index is 12.5. The molecule has 0 unspecified atom stereocenters. The molecule has 6 aromatic carbocycles. The first kappa shape index (κ1) is 31.7. The van der Waals surface area contributed by atoms with Crippen LogP contribution in [0.4, 0.5) is 0 Å². The minimum Gasteiger partial charge on any atom is -0.507 e. The maximum Gasteiger partial charge on any atom is 0.149 e. The normalized spacial score (nSPS) is 16.9. The number of hydrogen-bond donors (Lipinski definition) is 1. The van der Waals surface area contributed by atoms with Gasteiger partial charge in [-0.2, -0.15) is 0 Å². The molecule has 1 N–H and O–H groups in total. The van der Waals surface area contributed by atoms with Crippen molar-refractivity contribution in [3.63, 3.8) is 0 Å². The van der Waals surface area contributed by atoms with Crippen LogP contribution >= 0.6 is 0 Å². The summed E-state index contributed by atoms with van der Waals surface area (Å²) in [6, 6.07) is 35.3. The molecule has 67 heavy (non-hydrogen) atoms. The number of benzene rings is 6. The highest BCUT2D eigenvalue weighted by atomic mass is 16.3. The van der Waals surface area contributed by atoms with E-state index in [1.807, 2.05) is 74.5 Å². The molecule has 0 aliphatic heterocycles. The van der Waals surface area contributed by atoms with Crippen molar-refractivity contribution in [2.24, 2.45) is 0 Å². The zero-order valence-electron chi connectivity index (χ0n) is 55.5. The average Bonchev–Trinajstić information content (AvgIpc) is 3.42. The van der Waals surface area contributed by atoms with Gasteiger partial charge in [-0.3, -0.25) is 9.55 Å². The van der Waals surface area contributed by atoms with E-state index in [0.717, 1.165) is 27.8 Å². The molecule has 8 rings (SSSR count). The predicted molar refractivity (Wildman–Crippen MR) is 286 cm³/mol. The minimum atomic E-state index is -3.41. The van der Waals surface area contributed by atoms with Crippen molar-refractivity contribution >= 4 is 11.0 Å². The largest absolute Gasteiger partial charge is 0.507 e. The van der Waals surface area contributed by atoms with Crippen molar-refractivity contribution in [3.8, 4) is 67.5 Å². The van der Waals surface area contributed by atoms with E-state index < -0.39 is 55.9 Å². The molecule has 0 atom stereocenters. The van der Waals surface area contributed by atoms with Crippen LogP contribution < -0.4 is 0 Å². The molecule has 2 aromatic heterocycles. The van der Waals surface area contributed by atoms with Crippen molar-refractivity contribution < 1.29 is 25.7 Å². The van der Waals surface area contributed by atoms with Crippen LogP contribution in [-0.4, -0.2) is 19.6 Å². The summed E-state index contributed by atoms with van der Waals surface area (Å²) in [6.07, 6.45) is 1.61. The van der Waals surface area contributed by atoms with Crippen LogP contribution in [0, 0.1) is 6.85 Å². The topological polar surface area (TPSA) is 50.9 Å². The number of pyridine rings is 1. The number of aromatic hydroxyl groups is 1. The second-order valence-corrected chi connectivity index (χ2v) is 19.8. The third kappa shape index (κ3) is 9.25. The highest BCUT2D eigenvalue weighted by Gasteiger charge is 2.26. The molecule has 2 heterocycles. The zero-order chi connectivity index (χ0) is 61.0. The molecule has 4 nitrogen and oxygen atoms in total. The van der Waals surface area contributed by atoms with Crippen LogP contribution in [0.2, 0.25) is 0 Å². The summed E-state index contributed by atoms with van der Waals surface area (Å²) in [4.78, 5) is 10.2. The number of aromatic nitrogens is 3. The van der Waals surface area contributed by atoms with Crippen LogP contribution in [0.15, 0.2) is 128 Å². The van der Waals surface area contributed by atoms with Crippen molar-refractivity contribution in [2.75, 3.05) is 0 Å². The molecule has 0 spiro atoms. The SMILES string of the molecule is [2H]C([2H])([2H])c1cc(-c2c(C(C)C)cccc2C([2H])(C)C)ccc1-n1c(-c2cc(C([2H])(C)C)cc(C([2H])(C)C)c2O)nc2c(-c3cc(-c4cc(-c5ccc(C(C([2H])([2H])[2H])(C([2H])([2H])[2H])C([2H])([2H])[2H])cc5)ccn4)cc(C(C)(C)C)c3)cccc21. The number of rotatable bonds is 10. The van der Waals surface area contributed by atoms with Crippen LogP contribution in [0.25, 0.3) is 72.7 Å². The van der Waals surface area contributed by atoms with Crippen LogP contribution in [0.5, 0.6) is 5.75 Å². The number of imidazole rings is 1. The number of nitrogens with zero attached hydrogens (tertiary/aromatic N) is 3. The van der Waals surface area contributed by atoms with E-state index >= 15 is 0 Å². The van der Waals surface area contributed by atoms with Gasteiger partial charge in [0.15, 0.2) is 0 Å². The van der Waals surface area contributed by atoms with Gasteiger partial charge in [0.05, 0.1) is 28.0 Å². The van der Waals surface area contributed by atoms with Gasteiger partial charge in [-0.25, -0.2) is 4.98 Å². The Morgan fingerprint density at radius 3 is 1.93 bits per heavy atom. The molecule has 0 amide bonds. The third-order valence-electron chi connectivity index (χ3n) is 12.8. The highest BCUT2D eigenvalue weighted by molar-refractivity contribution is 5.97. The van der Waals surface area contributed by atoms with E-state index in [2.05, 4.69) is 40.7 Å². The molecule has 0 aliphatic carbocycles. The highest BCUT2D eigenvalue weighted by Crippen LogP contribution is 2.45. The molecule has 0 radical (unpaired) electrons. The van der Waals surface area contributed by atoms with E-state index in [9.17, 15) is 13.3 Å². The molecule has 0 fully saturated rings. The fourth-order valence-electron chi connectivity index (χ4n) is 8.95. The van der Waals surface area contributed by atoms with Gasteiger partial charge in [-0.15, -0.1) is 0 Å². The van der Waals surface area contributed by atoms with Gasteiger partial charge < -0.3 is 5.11 Å². The quantitative estimate of drug-likeness (QED) is 0.149. The smallest absolute Gasteiger partial charge is 0.149 e. The number of para-hydroxylation sites is 1. The maximum atomic E-state index is 12.5. The van der Waals surface area contributed by atoms with E-state index in [4.69, 9.17) is 22.3 Å². The van der Waals surface area contributed by atoms with E-state index in [1.54, 1.807) is 68.8 Å². The summed E-state index contributed by atoms with van der Waals surface area (Å²) < 4.78 is 131. The third-order valence-corrected chi connectivity index (χ3v) is 12.8. The molecule has 0 bridgehead atoms. The summed E-state index contributed by atoms with van der Waals surface area (Å²) in [5, 5.41) is 12.5. The van der Waals surface area contributed by atoms with Crippen molar-refractivity contribution in [1.29, 1.82) is 0 Å². The van der Waals surface area contributed by atoms with Gasteiger partial charge in [0.25, 0.3) is 0 Å². The summed E-state index contributed by atoms with van der Waals surface area (Å²) in [5.41, 5.74) is 6.01. The number of hydrogen-bond acceptors (Lipinski definition) is 3. The Labute approximate surface area is 422 Å². The zero-order valence-corrected chi connectivity index (χ0v) is 40.5. The Bertz CT molecular complexity index is 3690. The lowest BCUT2D eigenvalue weighted by Crippen LogP contribution is -2.11. The van der Waals surface area contributed by atoms with E-state index in [1.165, 1.54) is 24.3 Å². The Hall–Kier alpha value is -6.26. The summed E-state index contributed by atoms with van der Waals surface area (Å²) in [6.45, 7) is 7.77. The van der Waals surface area contributed by atoms with Gasteiger partial charge in [-0.1, -0.05) is 170 Å². The fraction of sp³-hybridized carbons (Fsp3) is 0.333. The van der Waals surface area contributed by atoms with Crippen LogP contribution in [0.1, 0.15) is 180 Å². The number of phenols is 1. The van der Waals surface area contributed by atoms with E-state index in [-0.39, 0.29) is 45.4 Å². The minimum absolute atomic E-state index is 0.00970. The molecule has 4 heteroatoms. The second kappa shape index (κ2) is 18.1. The Balaban J connectivity index is 1.40. The molecule has 0 saturated heterocycles. The lowest BCUT2D eigenvalue weighted by molar-refractivity contribution is 0.466. The first-order valence-corrected chi connectivity index (χ1v) is 22.9. The summed E-state index contributed by atoms with van der Waals surface area (Å²) >= 11 is 0. The Kier molecular flexibility index (Phi) is 8.55. The standard InChI is InChI=1S/C63H71N3O/c1-37(2)45-34-53(40(7)8)60(67)54(35-45)61-65-59-52(20-17-21-57(59)66(61)56-27-24-44(30-41(56)9)58-50(38(3)4)18-16-19-51(58)39(5)6)46-31-47(33-49(32-46)63(13,14)15)55-36-43(28-29-64-55)42-22-25-48(26-23-42)62(10,11)12/h16-40,67H,1-15H3/i9D3,10D3,11D3,12D3,37D,38D,40D. The fourth-order valence-corrected chi connectivity index (χ4v) is 8.95. The monoisotopic (exact) mass is 901 g/mol. The first-order chi connectivity index (χ1) is 37.5. The second-order valence-electron chi connectivity index (χ2n) is 19.8. The van der Waals surface area contributed by atoms with Crippen molar-refractivity contribution in [3.05, 3.63) is 166 Å². The lowest BCUT2D eigenvalue weighted by atomic mass is 9.83.